The van der Waals surface area contributed by atoms with Crippen molar-refractivity contribution in [2.45, 2.75) is 12.4 Å². The Bertz CT molecular complexity index is 538. The molecule has 0 atom stereocenters. The lowest BCUT2D eigenvalue weighted by Crippen LogP contribution is -2.19. The summed E-state index contributed by atoms with van der Waals surface area (Å²) >= 11 is 5.58. The van der Waals surface area contributed by atoms with Gasteiger partial charge in [-0.25, -0.2) is 8.78 Å². The fourth-order valence-corrected chi connectivity index (χ4v) is 2.06. The first kappa shape index (κ1) is 13.7. The van der Waals surface area contributed by atoms with Gasteiger partial charge in [0.25, 0.3) is 0 Å². The lowest BCUT2D eigenvalue weighted by Gasteiger charge is -2.21. The summed E-state index contributed by atoms with van der Waals surface area (Å²) in [5.74, 6) is -1.12. The maximum atomic E-state index is 13.9. The van der Waals surface area contributed by atoms with Crippen LogP contribution in [0.4, 0.5) is 14.5 Å². The molecule has 1 heterocycles. The van der Waals surface area contributed by atoms with Crippen LogP contribution in [0.25, 0.3) is 0 Å². The Balaban J connectivity index is 2.26. The van der Waals surface area contributed by atoms with Crippen molar-refractivity contribution >= 4 is 17.3 Å². The molecule has 2 rings (SSSR count). The van der Waals surface area contributed by atoms with Crippen LogP contribution in [0.15, 0.2) is 36.7 Å². The maximum Gasteiger partial charge on any atom is 0.149 e. The van der Waals surface area contributed by atoms with Gasteiger partial charge in [0.2, 0.25) is 0 Å². The average molecular weight is 283 g/mol. The summed E-state index contributed by atoms with van der Waals surface area (Å²) in [6, 6.07) is 6.13. The molecule has 0 fully saturated rings. The van der Waals surface area contributed by atoms with Crippen LogP contribution in [0, 0.1) is 11.6 Å². The largest absolute Gasteiger partial charge is 0.366 e. The molecule has 1 aromatic heterocycles. The molecule has 0 saturated carbocycles. The molecule has 5 heteroatoms. The van der Waals surface area contributed by atoms with E-state index in [1.165, 1.54) is 17.0 Å². The molecule has 0 spiro atoms. The molecular formula is C14H13ClF2N2. The Hall–Kier alpha value is -1.68. The molecule has 0 amide bonds. The second kappa shape index (κ2) is 5.97. The Morgan fingerprint density at radius 1 is 1.11 bits per heavy atom. The third kappa shape index (κ3) is 3.20. The Morgan fingerprint density at radius 3 is 2.21 bits per heavy atom. The van der Waals surface area contributed by atoms with Crippen LogP contribution >= 0.6 is 11.6 Å². The minimum absolute atomic E-state index is 0.0503. The summed E-state index contributed by atoms with van der Waals surface area (Å²) in [5, 5.41) is 0. The van der Waals surface area contributed by atoms with Gasteiger partial charge in [-0.15, -0.1) is 11.6 Å². The number of rotatable bonds is 4. The number of nitrogens with zero attached hydrogens (tertiary/aromatic N) is 2. The zero-order valence-corrected chi connectivity index (χ0v) is 11.2. The molecule has 19 heavy (non-hydrogen) atoms. The van der Waals surface area contributed by atoms with Crippen molar-refractivity contribution < 1.29 is 8.78 Å². The molecule has 0 unspecified atom stereocenters. The summed E-state index contributed by atoms with van der Waals surface area (Å²) in [5.41, 5.74) is 1.31. The zero-order chi connectivity index (χ0) is 13.8. The summed E-state index contributed by atoms with van der Waals surface area (Å²) in [4.78, 5) is 5.43. The number of anilines is 1. The third-order valence-electron chi connectivity index (χ3n) is 2.78. The van der Waals surface area contributed by atoms with Gasteiger partial charge in [-0.2, -0.15) is 0 Å². The lowest BCUT2D eigenvalue weighted by atomic mass is 10.1. The molecule has 0 aliphatic heterocycles. The molecule has 0 saturated heterocycles. The molecule has 100 valence electrons. The van der Waals surface area contributed by atoms with Gasteiger partial charge in [0.15, 0.2) is 0 Å². The van der Waals surface area contributed by atoms with E-state index in [0.717, 1.165) is 5.56 Å². The first-order valence-corrected chi connectivity index (χ1v) is 6.29. The van der Waals surface area contributed by atoms with E-state index in [1.807, 2.05) is 0 Å². The molecule has 0 N–H and O–H groups in total. The second-order valence-corrected chi connectivity index (χ2v) is 4.52. The molecule has 0 aliphatic rings. The zero-order valence-electron chi connectivity index (χ0n) is 10.4. The molecule has 2 aromatic rings. The fourth-order valence-electron chi connectivity index (χ4n) is 1.90. The lowest BCUT2D eigenvalue weighted by molar-refractivity contribution is 0.574. The highest BCUT2D eigenvalue weighted by molar-refractivity contribution is 6.17. The standard InChI is InChI=1S/C14H13ClF2N2/c1-19(9-10-2-4-18-5-3-10)14-12(16)6-11(8-15)7-13(14)17/h2-7H,8-9H2,1H3. The number of alkyl halides is 1. The van der Waals surface area contributed by atoms with Crippen LogP contribution in [-0.2, 0) is 12.4 Å². The van der Waals surface area contributed by atoms with Gasteiger partial charge in [-0.1, -0.05) is 0 Å². The van der Waals surface area contributed by atoms with Gasteiger partial charge in [0, 0.05) is 31.9 Å². The molecule has 1 aromatic carbocycles. The quantitative estimate of drug-likeness (QED) is 0.794. The van der Waals surface area contributed by atoms with Crippen molar-refractivity contribution in [3.8, 4) is 0 Å². The minimum atomic E-state index is -0.604. The average Bonchev–Trinajstić information content (AvgIpc) is 2.38. The molecule has 0 radical (unpaired) electrons. The number of pyridine rings is 1. The number of hydrogen-bond donors (Lipinski definition) is 0. The first-order chi connectivity index (χ1) is 9.11. The van der Waals surface area contributed by atoms with Crippen molar-refractivity contribution in [1.82, 2.24) is 4.98 Å². The smallest absolute Gasteiger partial charge is 0.149 e. The van der Waals surface area contributed by atoms with Crippen LogP contribution in [0.2, 0.25) is 0 Å². The van der Waals surface area contributed by atoms with Crippen LogP contribution in [0.3, 0.4) is 0 Å². The van der Waals surface area contributed by atoms with Crippen LogP contribution < -0.4 is 4.90 Å². The Labute approximate surface area is 115 Å². The van der Waals surface area contributed by atoms with E-state index in [9.17, 15) is 8.78 Å². The highest BCUT2D eigenvalue weighted by Gasteiger charge is 2.15. The normalized spacial score (nSPS) is 10.5. The molecule has 0 aliphatic carbocycles. The Kier molecular flexibility index (Phi) is 4.32. The van der Waals surface area contributed by atoms with E-state index >= 15 is 0 Å². The summed E-state index contributed by atoms with van der Waals surface area (Å²) in [6.07, 6.45) is 3.29. The van der Waals surface area contributed by atoms with Gasteiger partial charge in [0.05, 0.1) is 0 Å². The molecule has 0 bridgehead atoms. The summed E-state index contributed by atoms with van der Waals surface area (Å²) in [7, 11) is 1.64. The van der Waals surface area contributed by atoms with E-state index in [4.69, 9.17) is 11.6 Å². The van der Waals surface area contributed by atoms with E-state index in [-0.39, 0.29) is 11.6 Å². The highest BCUT2D eigenvalue weighted by Crippen LogP contribution is 2.25. The predicted molar refractivity (Wildman–Crippen MR) is 72.3 cm³/mol. The number of benzene rings is 1. The van der Waals surface area contributed by atoms with Crippen molar-refractivity contribution in [2.24, 2.45) is 0 Å². The molecular weight excluding hydrogens is 270 g/mol. The second-order valence-electron chi connectivity index (χ2n) is 4.25. The monoisotopic (exact) mass is 282 g/mol. The third-order valence-corrected chi connectivity index (χ3v) is 3.09. The predicted octanol–water partition coefficient (Wildman–Crippen LogP) is 3.74. The number of halogens is 3. The highest BCUT2D eigenvalue weighted by atomic mass is 35.5. The van der Waals surface area contributed by atoms with Crippen LogP contribution in [0.5, 0.6) is 0 Å². The fraction of sp³-hybridized carbons (Fsp3) is 0.214. The van der Waals surface area contributed by atoms with Gasteiger partial charge >= 0.3 is 0 Å². The summed E-state index contributed by atoms with van der Waals surface area (Å²) < 4.78 is 27.8. The van der Waals surface area contributed by atoms with Gasteiger partial charge < -0.3 is 4.90 Å². The van der Waals surface area contributed by atoms with Crippen LogP contribution in [0.1, 0.15) is 11.1 Å². The molecule has 2 nitrogen and oxygen atoms in total. The minimum Gasteiger partial charge on any atom is -0.366 e. The summed E-state index contributed by atoms with van der Waals surface area (Å²) in [6.45, 7) is 0.399. The Morgan fingerprint density at radius 2 is 1.68 bits per heavy atom. The maximum absolute atomic E-state index is 13.9. The topological polar surface area (TPSA) is 16.1 Å². The van der Waals surface area contributed by atoms with Crippen molar-refractivity contribution in [3.63, 3.8) is 0 Å². The van der Waals surface area contributed by atoms with Crippen molar-refractivity contribution in [2.75, 3.05) is 11.9 Å². The van der Waals surface area contributed by atoms with Gasteiger partial charge in [0.1, 0.15) is 17.3 Å². The van der Waals surface area contributed by atoms with Gasteiger partial charge in [-0.05, 0) is 35.4 Å². The first-order valence-electron chi connectivity index (χ1n) is 5.75. The van der Waals surface area contributed by atoms with Gasteiger partial charge in [-0.3, -0.25) is 4.98 Å². The van der Waals surface area contributed by atoms with E-state index < -0.39 is 11.6 Å². The van der Waals surface area contributed by atoms with E-state index in [2.05, 4.69) is 4.98 Å². The van der Waals surface area contributed by atoms with E-state index in [0.29, 0.717) is 12.1 Å². The SMILES string of the molecule is CN(Cc1ccncc1)c1c(F)cc(CCl)cc1F. The van der Waals surface area contributed by atoms with Crippen molar-refractivity contribution in [1.29, 1.82) is 0 Å². The number of hydrogen-bond acceptors (Lipinski definition) is 2. The van der Waals surface area contributed by atoms with Crippen molar-refractivity contribution in [3.05, 3.63) is 59.4 Å². The van der Waals surface area contributed by atoms with E-state index in [1.54, 1.807) is 31.6 Å². The number of aromatic nitrogens is 1. The van der Waals surface area contributed by atoms with Crippen LogP contribution in [-0.4, -0.2) is 12.0 Å².